The van der Waals surface area contributed by atoms with Crippen molar-refractivity contribution in [2.45, 2.75) is 32.2 Å². The van der Waals surface area contributed by atoms with Gasteiger partial charge < -0.3 is 10.3 Å². The molecule has 0 unspecified atom stereocenters. The smallest absolute Gasteiger partial charge is 0.146 e. The summed E-state index contributed by atoms with van der Waals surface area (Å²) in [5.41, 5.74) is 9.24. The van der Waals surface area contributed by atoms with Crippen molar-refractivity contribution in [3.8, 4) is 11.1 Å². The largest absolute Gasteiger partial charge is 0.383 e. The standard InChI is InChI=1S/C18H19ClN4/c1-18(2,12-5-6-12)23-9-14(11-3-7-13(19)8-4-11)15-16(20)21-10-22-17(15)23/h3-4,7-10,12H,5-6H2,1-2H3,(H2,20,21,22). The van der Waals surface area contributed by atoms with E-state index in [0.717, 1.165) is 27.2 Å². The Morgan fingerprint density at radius 3 is 2.52 bits per heavy atom. The van der Waals surface area contributed by atoms with E-state index >= 15 is 0 Å². The van der Waals surface area contributed by atoms with E-state index in [-0.39, 0.29) is 5.54 Å². The van der Waals surface area contributed by atoms with Crippen molar-refractivity contribution in [3.63, 3.8) is 0 Å². The first-order chi connectivity index (χ1) is 11.0. The van der Waals surface area contributed by atoms with E-state index in [4.69, 9.17) is 17.3 Å². The number of rotatable bonds is 3. The Morgan fingerprint density at radius 1 is 1.17 bits per heavy atom. The molecule has 4 nitrogen and oxygen atoms in total. The van der Waals surface area contributed by atoms with Crippen LogP contribution in [0, 0.1) is 5.92 Å². The second-order valence-corrected chi connectivity index (χ2v) is 7.24. The normalized spacial score (nSPS) is 15.3. The van der Waals surface area contributed by atoms with Gasteiger partial charge in [0.15, 0.2) is 0 Å². The molecule has 0 bridgehead atoms. The fraction of sp³-hybridized carbons (Fsp3) is 0.333. The predicted molar refractivity (Wildman–Crippen MR) is 94.4 cm³/mol. The number of nitrogens with zero attached hydrogens (tertiary/aromatic N) is 3. The number of fused-ring (bicyclic) bond motifs is 1. The minimum absolute atomic E-state index is 0.0176. The topological polar surface area (TPSA) is 56.7 Å². The highest BCUT2D eigenvalue weighted by Crippen LogP contribution is 2.46. The van der Waals surface area contributed by atoms with Gasteiger partial charge in [-0.2, -0.15) is 0 Å². The van der Waals surface area contributed by atoms with Crippen LogP contribution in [0.1, 0.15) is 26.7 Å². The number of aromatic nitrogens is 3. The second kappa shape index (κ2) is 4.96. The molecule has 23 heavy (non-hydrogen) atoms. The molecule has 0 saturated heterocycles. The third kappa shape index (κ3) is 2.29. The van der Waals surface area contributed by atoms with Crippen LogP contribution in [0.25, 0.3) is 22.2 Å². The highest BCUT2D eigenvalue weighted by atomic mass is 35.5. The number of nitrogens with two attached hydrogens (primary N) is 1. The summed E-state index contributed by atoms with van der Waals surface area (Å²) in [6.45, 7) is 4.54. The van der Waals surface area contributed by atoms with Gasteiger partial charge in [-0.05, 0) is 50.3 Å². The monoisotopic (exact) mass is 326 g/mol. The van der Waals surface area contributed by atoms with Crippen LogP contribution in [0.4, 0.5) is 5.82 Å². The van der Waals surface area contributed by atoms with E-state index in [1.165, 1.54) is 12.8 Å². The van der Waals surface area contributed by atoms with Gasteiger partial charge in [0, 0.05) is 22.3 Å². The summed E-state index contributed by atoms with van der Waals surface area (Å²) in [4.78, 5) is 8.72. The molecule has 1 aromatic carbocycles. The summed E-state index contributed by atoms with van der Waals surface area (Å²) in [6.07, 6.45) is 6.24. The van der Waals surface area contributed by atoms with Crippen LogP contribution in [-0.4, -0.2) is 14.5 Å². The van der Waals surface area contributed by atoms with E-state index in [1.54, 1.807) is 6.33 Å². The Morgan fingerprint density at radius 2 is 1.87 bits per heavy atom. The average molecular weight is 327 g/mol. The van der Waals surface area contributed by atoms with E-state index in [2.05, 4.69) is 34.6 Å². The number of nitrogen functional groups attached to an aromatic ring is 1. The van der Waals surface area contributed by atoms with Gasteiger partial charge >= 0.3 is 0 Å². The first kappa shape index (κ1) is 14.5. The summed E-state index contributed by atoms with van der Waals surface area (Å²) >= 11 is 6.02. The quantitative estimate of drug-likeness (QED) is 0.772. The third-order valence-corrected chi connectivity index (χ3v) is 5.22. The SMILES string of the molecule is CC(C)(C1CC1)n1cc(-c2ccc(Cl)cc2)c2c(N)ncnc21. The van der Waals surface area contributed by atoms with Gasteiger partial charge in [0.05, 0.1) is 5.39 Å². The third-order valence-electron chi connectivity index (χ3n) is 4.96. The molecule has 0 spiro atoms. The van der Waals surface area contributed by atoms with Crippen LogP contribution in [0.5, 0.6) is 0 Å². The zero-order chi connectivity index (χ0) is 16.2. The first-order valence-corrected chi connectivity index (χ1v) is 8.24. The molecule has 2 heterocycles. The Balaban J connectivity index is 1.99. The lowest BCUT2D eigenvalue weighted by molar-refractivity contribution is 0.313. The van der Waals surface area contributed by atoms with E-state index in [9.17, 15) is 0 Å². The molecule has 1 fully saturated rings. The van der Waals surface area contributed by atoms with Crippen molar-refractivity contribution in [3.05, 3.63) is 41.8 Å². The van der Waals surface area contributed by atoms with Crippen LogP contribution < -0.4 is 5.73 Å². The molecule has 0 atom stereocenters. The van der Waals surface area contributed by atoms with Crippen LogP contribution in [-0.2, 0) is 5.54 Å². The highest BCUT2D eigenvalue weighted by molar-refractivity contribution is 6.30. The van der Waals surface area contributed by atoms with Gasteiger partial charge in [0.25, 0.3) is 0 Å². The van der Waals surface area contributed by atoms with Crippen LogP contribution in [0.3, 0.4) is 0 Å². The summed E-state index contributed by atoms with van der Waals surface area (Å²) in [5.74, 6) is 1.21. The predicted octanol–water partition coefficient (Wildman–Crippen LogP) is 4.48. The molecular formula is C18H19ClN4. The lowest BCUT2D eigenvalue weighted by Crippen LogP contribution is -2.28. The van der Waals surface area contributed by atoms with Crippen molar-refractivity contribution in [2.24, 2.45) is 5.92 Å². The highest BCUT2D eigenvalue weighted by Gasteiger charge is 2.40. The van der Waals surface area contributed by atoms with Gasteiger partial charge in [-0.3, -0.25) is 0 Å². The summed E-state index contributed by atoms with van der Waals surface area (Å²) < 4.78 is 2.27. The van der Waals surface area contributed by atoms with Gasteiger partial charge in [0.1, 0.15) is 17.8 Å². The number of benzene rings is 1. The van der Waals surface area contributed by atoms with Gasteiger partial charge in [-0.1, -0.05) is 23.7 Å². The first-order valence-electron chi connectivity index (χ1n) is 7.86. The summed E-state index contributed by atoms with van der Waals surface area (Å²) in [7, 11) is 0. The molecule has 5 heteroatoms. The fourth-order valence-electron chi connectivity index (χ4n) is 3.36. The molecule has 3 aromatic rings. The molecule has 118 valence electrons. The van der Waals surface area contributed by atoms with Gasteiger partial charge in [-0.25, -0.2) is 9.97 Å². The fourth-order valence-corrected chi connectivity index (χ4v) is 3.49. The van der Waals surface area contributed by atoms with Crippen molar-refractivity contribution in [2.75, 3.05) is 5.73 Å². The maximum atomic E-state index is 6.18. The maximum absolute atomic E-state index is 6.18. The Labute approximate surface area is 140 Å². The minimum atomic E-state index is 0.0176. The second-order valence-electron chi connectivity index (χ2n) is 6.81. The summed E-state index contributed by atoms with van der Waals surface area (Å²) in [6, 6.07) is 7.81. The van der Waals surface area contributed by atoms with E-state index in [0.29, 0.717) is 11.7 Å². The number of hydrogen-bond donors (Lipinski definition) is 1. The zero-order valence-electron chi connectivity index (χ0n) is 13.3. The van der Waals surface area contributed by atoms with Gasteiger partial charge in [-0.15, -0.1) is 0 Å². The molecule has 2 aromatic heterocycles. The lowest BCUT2D eigenvalue weighted by atomic mass is 9.98. The Bertz CT molecular complexity index is 876. The molecule has 1 aliphatic rings. The lowest BCUT2D eigenvalue weighted by Gasteiger charge is -2.27. The molecular weight excluding hydrogens is 308 g/mol. The molecule has 0 amide bonds. The van der Waals surface area contributed by atoms with Crippen molar-refractivity contribution < 1.29 is 0 Å². The van der Waals surface area contributed by atoms with Crippen molar-refractivity contribution in [1.82, 2.24) is 14.5 Å². The summed E-state index contributed by atoms with van der Waals surface area (Å²) in [5, 5.41) is 1.64. The van der Waals surface area contributed by atoms with Crippen LogP contribution >= 0.6 is 11.6 Å². The number of halogens is 1. The molecule has 1 saturated carbocycles. The Hall–Kier alpha value is -2.07. The average Bonchev–Trinajstić information content (AvgIpc) is 3.30. The Kier molecular flexibility index (Phi) is 3.13. The van der Waals surface area contributed by atoms with E-state index in [1.807, 2.05) is 24.3 Å². The molecule has 2 N–H and O–H groups in total. The van der Waals surface area contributed by atoms with Crippen molar-refractivity contribution in [1.29, 1.82) is 0 Å². The molecule has 1 aliphatic carbocycles. The van der Waals surface area contributed by atoms with Crippen LogP contribution in [0.2, 0.25) is 5.02 Å². The minimum Gasteiger partial charge on any atom is -0.383 e. The number of hydrogen-bond acceptors (Lipinski definition) is 3. The van der Waals surface area contributed by atoms with Gasteiger partial charge in [0.2, 0.25) is 0 Å². The zero-order valence-corrected chi connectivity index (χ0v) is 14.0. The molecule has 4 rings (SSSR count). The van der Waals surface area contributed by atoms with E-state index < -0.39 is 0 Å². The molecule has 0 aliphatic heterocycles. The van der Waals surface area contributed by atoms with Crippen LogP contribution in [0.15, 0.2) is 36.8 Å². The van der Waals surface area contributed by atoms with Crippen molar-refractivity contribution >= 4 is 28.5 Å². The number of anilines is 1. The molecule has 0 radical (unpaired) electrons. The maximum Gasteiger partial charge on any atom is 0.146 e.